The number of furan rings is 1. The minimum Gasteiger partial charge on any atom is -0.465 e. The van der Waals surface area contributed by atoms with Gasteiger partial charge in [-0.25, -0.2) is 0 Å². The highest BCUT2D eigenvalue weighted by molar-refractivity contribution is 5.20. The predicted octanol–water partition coefficient (Wildman–Crippen LogP) is 3.32. The molecule has 0 saturated carbocycles. The summed E-state index contributed by atoms with van der Waals surface area (Å²) in [5, 5.41) is 3.39. The van der Waals surface area contributed by atoms with E-state index in [2.05, 4.69) is 50.9 Å². The summed E-state index contributed by atoms with van der Waals surface area (Å²) in [5.41, 5.74) is 1.32. The maximum atomic E-state index is 5.80. The number of rotatable bonds is 8. The first-order valence-corrected chi connectivity index (χ1v) is 7.10. The molecule has 0 bridgehead atoms. The highest BCUT2D eigenvalue weighted by Gasteiger charge is 2.10. The van der Waals surface area contributed by atoms with Crippen molar-refractivity contribution in [2.45, 2.75) is 60.2 Å². The van der Waals surface area contributed by atoms with Gasteiger partial charge in [0.15, 0.2) is 0 Å². The number of nitrogens with zero attached hydrogens (tertiary/aromatic N) is 1. The first-order valence-electron chi connectivity index (χ1n) is 7.10. The van der Waals surface area contributed by atoms with E-state index in [1.165, 1.54) is 12.0 Å². The summed E-state index contributed by atoms with van der Waals surface area (Å²) < 4.78 is 5.80. The first kappa shape index (κ1) is 15.3. The molecule has 0 spiro atoms. The standard InChI is InChI=1S/C15H28N2O/c1-6-8-17(7-2)11-14-9-15(18-13(14)5)10-16-12(3)4/h9,12,16H,6-8,10-11H2,1-5H3. The SMILES string of the molecule is CCCN(CC)Cc1cc(CNC(C)C)oc1C. The molecule has 0 unspecified atom stereocenters. The van der Waals surface area contributed by atoms with Crippen LogP contribution in [0.25, 0.3) is 0 Å². The quantitative estimate of drug-likeness (QED) is 0.769. The van der Waals surface area contributed by atoms with Gasteiger partial charge in [0.05, 0.1) is 6.54 Å². The average Bonchev–Trinajstić information content (AvgIpc) is 2.67. The predicted molar refractivity (Wildman–Crippen MR) is 76.7 cm³/mol. The molecule has 104 valence electrons. The minimum atomic E-state index is 0.492. The van der Waals surface area contributed by atoms with Gasteiger partial charge >= 0.3 is 0 Å². The highest BCUT2D eigenvalue weighted by Crippen LogP contribution is 2.17. The van der Waals surface area contributed by atoms with Gasteiger partial charge in [0, 0.05) is 18.2 Å². The van der Waals surface area contributed by atoms with Crippen LogP contribution in [0.4, 0.5) is 0 Å². The van der Waals surface area contributed by atoms with Crippen molar-refractivity contribution in [3.8, 4) is 0 Å². The lowest BCUT2D eigenvalue weighted by atomic mass is 10.2. The van der Waals surface area contributed by atoms with Crippen LogP contribution < -0.4 is 5.32 Å². The fourth-order valence-corrected chi connectivity index (χ4v) is 2.04. The molecule has 1 N–H and O–H groups in total. The molecule has 0 radical (unpaired) electrons. The van der Waals surface area contributed by atoms with Crippen molar-refractivity contribution in [2.75, 3.05) is 13.1 Å². The summed E-state index contributed by atoms with van der Waals surface area (Å²) >= 11 is 0. The van der Waals surface area contributed by atoms with Crippen LogP contribution in [0.5, 0.6) is 0 Å². The second-order valence-electron chi connectivity index (χ2n) is 5.20. The summed E-state index contributed by atoms with van der Waals surface area (Å²) in [4.78, 5) is 2.46. The van der Waals surface area contributed by atoms with Gasteiger partial charge in [0.1, 0.15) is 11.5 Å². The van der Waals surface area contributed by atoms with Crippen LogP contribution in [0.2, 0.25) is 0 Å². The summed E-state index contributed by atoms with van der Waals surface area (Å²) in [6.45, 7) is 14.9. The second-order valence-corrected chi connectivity index (χ2v) is 5.20. The lowest BCUT2D eigenvalue weighted by Gasteiger charge is -2.18. The summed E-state index contributed by atoms with van der Waals surface area (Å²) in [7, 11) is 0. The van der Waals surface area contributed by atoms with Crippen LogP contribution >= 0.6 is 0 Å². The summed E-state index contributed by atoms with van der Waals surface area (Å²) in [6.07, 6.45) is 1.20. The molecule has 0 atom stereocenters. The van der Waals surface area contributed by atoms with E-state index in [4.69, 9.17) is 4.42 Å². The molecule has 0 fully saturated rings. The minimum absolute atomic E-state index is 0.492. The second kappa shape index (κ2) is 7.59. The number of hydrogen-bond acceptors (Lipinski definition) is 3. The Bertz CT molecular complexity index is 344. The third-order valence-electron chi connectivity index (χ3n) is 3.14. The Morgan fingerprint density at radius 1 is 1.33 bits per heavy atom. The van der Waals surface area contributed by atoms with E-state index in [9.17, 15) is 0 Å². The number of nitrogens with one attached hydrogen (secondary N) is 1. The van der Waals surface area contributed by atoms with Crippen molar-refractivity contribution in [1.29, 1.82) is 0 Å². The molecule has 1 aromatic rings. The molecular formula is C15H28N2O. The molecule has 0 saturated heterocycles. The van der Waals surface area contributed by atoms with E-state index in [0.717, 1.165) is 37.7 Å². The molecule has 0 amide bonds. The topological polar surface area (TPSA) is 28.4 Å². The number of aryl methyl sites for hydroxylation is 1. The van der Waals surface area contributed by atoms with E-state index >= 15 is 0 Å². The Kier molecular flexibility index (Phi) is 6.44. The van der Waals surface area contributed by atoms with E-state index in [0.29, 0.717) is 6.04 Å². The van der Waals surface area contributed by atoms with Crippen LogP contribution in [0, 0.1) is 6.92 Å². The Morgan fingerprint density at radius 2 is 2.06 bits per heavy atom. The van der Waals surface area contributed by atoms with E-state index < -0.39 is 0 Å². The summed E-state index contributed by atoms with van der Waals surface area (Å²) in [5.74, 6) is 2.11. The fraction of sp³-hybridized carbons (Fsp3) is 0.733. The van der Waals surface area contributed by atoms with E-state index in [1.54, 1.807) is 0 Å². The van der Waals surface area contributed by atoms with Gasteiger partial charge in [-0.05, 0) is 32.5 Å². The van der Waals surface area contributed by atoms with Gasteiger partial charge < -0.3 is 9.73 Å². The van der Waals surface area contributed by atoms with Crippen molar-refractivity contribution in [3.05, 3.63) is 23.2 Å². The zero-order valence-corrected chi connectivity index (χ0v) is 12.5. The van der Waals surface area contributed by atoms with E-state index in [1.807, 2.05) is 0 Å². The molecule has 0 aromatic carbocycles. The Labute approximate surface area is 112 Å². The smallest absolute Gasteiger partial charge is 0.118 e. The third kappa shape index (κ3) is 4.83. The molecule has 1 heterocycles. The fourth-order valence-electron chi connectivity index (χ4n) is 2.04. The molecule has 0 aliphatic rings. The Hall–Kier alpha value is -0.800. The van der Waals surface area contributed by atoms with Gasteiger partial charge in [-0.2, -0.15) is 0 Å². The molecule has 0 aliphatic carbocycles. The zero-order chi connectivity index (χ0) is 13.5. The Morgan fingerprint density at radius 3 is 2.61 bits per heavy atom. The molecule has 0 aliphatic heterocycles. The zero-order valence-electron chi connectivity index (χ0n) is 12.5. The molecule has 1 aromatic heterocycles. The molecule has 3 heteroatoms. The molecular weight excluding hydrogens is 224 g/mol. The van der Waals surface area contributed by atoms with Crippen LogP contribution in [-0.2, 0) is 13.1 Å². The van der Waals surface area contributed by atoms with Gasteiger partial charge in [-0.3, -0.25) is 4.90 Å². The molecule has 18 heavy (non-hydrogen) atoms. The van der Waals surface area contributed by atoms with Crippen LogP contribution in [0.1, 0.15) is 51.2 Å². The van der Waals surface area contributed by atoms with Crippen molar-refractivity contribution < 1.29 is 4.42 Å². The first-order chi connectivity index (χ1) is 8.56. The van der Waals surface area contributed by atoms with E-state index in [-0.39, 0.29) is 0 Å². The van der Waals surface area contributed by atoms with Crippen LogP contribution in [0.3, 0.4) is 0 Å². The van der Waals surface area contributed by atoms with Gasteiger partial charge in [-0.15, -0.1) is 0 Å². The van der Waals surface area contributed by atoms with Gasteiger partial charge in [0.2, 0.25) is 0 Å². The van der Waals surface area contributed by atoms with Crippen molar-refractivity contribution in [1.82, 2.24) is 10.2 Å². The monoisotopic (exact) mass is 252 g/mol. The normalized spacial score (nSPS) is 11.7. The van der Waals surface area contributed by atoms with Crippen LogP contribution in [-0.4, -0.2) is 24.0 Å². The highest BCUT2D eigenvalue weighted by atomic mass is 16.3. The third-order valence-corrected chi connectivity index (χ3v) is 3.14. The average molecular weight is 252 g/mol. The van der Waals surface area contributed by atoms with Crippen molar-refractivity contribution >= 4 is 0 Å². The largest absolute Gasteiger partial charge is 0.465 e. The van der Waals surface area contributed by atoms with Crippen LogP contribution in [0.15, 0.2) is 10.5 Å². The van der Waals surface area contributed by atoms with Gasteiger partial charge in [-0.1, -0.05) is 27.7 Å². The lowest BCUT2D eigenvalue weighted by Crippen LogP contribution is -2.23. The summed E-state index contributed by atoms with van der Waals surface area (Å²) in [6, 6.07) is 2.69. The number of hydrogen-bond donors (Lipinski definition) is 1. The van der Waals surface area contributed by atoms with Crippen molar-refractivity contribution in [3.63, 3.8) is 0 Å². The maximum absolute atomic E-state index is 5.80. The Balaban J connectivity index is 2.60. The van der Waals surface area contributed by atoms with Crippen molar-refractivity contribution in [2.24, 2.45) is 0 Å². The lowest BCUT2D eigenvalue weighted by molar-refractivity contribution is 0.278. The maximum Gasteiger partial charge on any atom is 0.118 e. The molecule has 3 nitrogen and oxygen atoms in total. The van der Waals surface area contributed by atoms with Gasteiger partial charge in [0.25, 0.3) is 0 Å². The molecule has 1 rings (SSSR count).